The van der Waals surface area contributed by atoms with Crippen LogP contribution in [0, 0.1) is 13.8 Å². The van der Waals surface area contributed by atoms with Gasteiger partial charge in [0, 0.05) is 24.8 Å². The van der Waals surface area contributed by atoms with E-state index in [2.05, 4.69) is 5.32 Å². The maximum atomic E-state index is 12.8. The van der Waals surface area contributed by atoms with Crippen molar-refractivity contribution in [3.8, 4) is 5.75 Å². The van der Waals surface area contributed by atoms with E-state index < -0.39 is 10.0 Å². The highest BCUT2D eigenvalue weighted by Crippen LogP contribution is 2.20. The first kappa shape index (κ1) is 22.5. The van der Waals surface area contributed by atoms with Crippen molar-refractivity contribution >= 4 is 21.6 Å². The quantitative estimate of drug-likeness (QED) is 0.594. The van der Waals surface area contributed by atoms with Crippen LogP contribution >= 0.6 is 0 Å². The number of hydrogen-bond acceptors (Lipinski definition) is 4. The van der Waals surface area contributed by atoms with Crippen molar-refractivity contribution in [3.05, 3.63) is 89.0 Å². The number of amides is 1. The lowest BCUT2D eigenvalue weighted by Gasteiger charge is -2.17. The fourth-order valence-corrected chi connectivity index (χ4v) is 4.44. The second-order valence-electron chi connectivity index (χ2n) is 7.46. The van der Waals surface area contributed by atoms with Gasteiger partial charge in [-0.05, 0) is 79.1 Å². The number of benzene rings is 3. The highest BCUT2D eigenvalue weighted by Gasteiger charge is 2.21. The molecular weight excluding hydrogens is 412 g/mol. The molecule has 3 aromatic carbocycles. The van der Waals surface area contributed by atoms with E-state index in [1.54, 1.807) is 36.4 Å². The molecule has 0 aliphatic rings. The maximum absolute atomic E-state index is 12.8. The van der Waals surface area contributed by atoms with Crippen LogP contribution in [0.3, 0.4) is 0 Å². The highest BCUT2D eigenvalue weighted by molar-refractivity contribution is 7.89. The van der Waals surface area contributed by atoms with Crippen molar-refractivity contribution < 1.29 is 17.9 Å². The molecule has 0 aliphatic carbocycles. The minimum atomic E-state index is -3.64. The summed E-state index contributed by atoms with van der Waals surface area (Å²) in [5.41, 5.74) is 4.18. The van der Waals surface area contributed by atoms with Gasteiger partial charge in [0.25, 0.3) is 5.91 Å². The van der Waals surface area contributed by atoms with Crippen LogP contribution in [0.15, 0.2) is 71.6 Å². The zero-order valence-electron chi connectivity index (χ0n) is 18.0. The van der Waals surface area contributed by atoms with Gasteiger partial charge < -0.3 is 10.1 Å². The summed E-state index contributed by atoms with van der Waals surface area (Å²) in [5, 5.41) is 2.90. The Morgan fingerprint density at radius 1 is 0.935 bits per heavy atom. The van der Waals surface area contributed by atoms with Gasteiger partial charge in [0.1, 0.15) is 5.75 Å². The Morgan fingerprint density at radius 2 is 1.52 bits per heavy atom. The summed E-state index contributed by atoms with van der Waals surface area (Å²) in [6, 6.07) is 19.1. The molecule has 0 aliphatic heterocycles. The Hall–Kier alpha value is -3.16. The molecule has 0 unspecified atom stereocenters. The van der Waals surface area contributed by atoms with E-state index in [1.165, 1.54) is 30.6 Å². The third-order valence-corrected chi connectivity index (χ3v) is 6.69. The Balaban J connectivity index is 1.68. The maximum Gasteiger partial charge on any atom is 0.255 e. The summed E-state index contributed by atoms with van der Waals surface area (Å²) in [5.74, 6) is 0.382. The van der Waals surface area contributed by atoms with Crippen molar-refractivity contribution in [2.24, 2.45) is 0 Å². The highest BCUT2D eigenvalue weighted by atomic mass is 32.2. The molecule has 0 aromatic heterocycles. The fraction of sp³-hybridized carbons (Fsp3) is 0.208. The van der Waals surface area contributed by atoms with Crippen LogP contribution in [0.1, 0.15) is 27.0 Å². The largest absolute Gasteiger partial charge is 0.497 e. The number of nitrogens with zero attached hydrogens (tertiary/aromatic N) is 1. The van der Waals surface area contributed by atoms with Gasteiger partial charge in [0.15, 0.2) is 0 Å². The van der Waals surface area contributed by atoms with Crippen molar-refractivity contribution in [1.29, 1.82) is 0 Å². The van der Waals surface area contributed by atoms with E-state index in [0.29, 0.717) is 11.3 Å². The second-order valence-corrected chi connectivity index (χ2v) is 9.51. The monoisotopic (exact) mass is 438 g/mol. The number of anilines is 1. The fourth-order valence-electron chi connectivity index (χ4n) is 3.28. The summed E-state index contributed by atoms with van der Waals surface area (Å²) in [6.07, 6.45) is 0. The number of carbonyl (C=O) groups excluding carboxylic acids is 1. The van der Waals surface area contributed by atoms with E-state index in [-0.39, 0.29) is 17.3 Å². The predicted octanol–water partition coefficient (Wildman–Crippen LogP) is 4.39. The summed E-state index contributed by atoms with van der Waals surface area (Å²) in [6.45, 7) is 4.15. The van der Waals surface area contributed by atoms with Crippen LogP contribution in [-0.4, -0.2) is 32.8 Å². The molecule has 0 radical (unpaired) electrons. The average Bonchev–Trinajstić information content (AvgIpc) is 2.73. The third kappa shape index (κ3) is 5.51. The van der Waals surface area contributed by atoms with E-state index in [4.69, 9.17) is 4.74 Å². The van der Waals surface area contributed by atoms with E-state index in [0.717, 1.165) is 22.4 Å². The molecule has 0 atom stereocenters. The SMILES string of the molecule is COc1ccc(S(=O)(=O)N(C)Cc2ccc(C(=O)Nc3cc(C)cc(C)c3)cc2)cc1. The number of ether oxygens (including phenoxy) is 1. The summed E-state index contributed by atoms with van der Waals surface area (Å²) in [4.78, 5) is 12.7. The zero-order chi connectivity index (χ0) is 22.6. The van der Waals surface area contributed by atoms with Crippen molar-refractivity contribution in [1.82, 2.24) is 4.31 Å². The van der Waals surface area contributed by atoms with Crippen LogP contribution in [0.4, 0.5) is 5.69 Å². The molecule has 0 bridgehead atoms. The van der Waals surface area contributed by atoms with Crippen molar-refractivity contribution in [3.63, 3.8) is 0 Å². The van der Waals surface area contributed by atoms with Gasteiger partial charge in [-0.3, -0.25) is 4.79 Å². The van der Waals surface area contributed by atoms with Gasteiger partial charge in [-0.2, -0.15) is 4.31 Å². The number of methoxy groups -OCH3 is 1. The molecule has 0 saturated carbocycles. The molecular formula is C24H26N2O4S. The number of hydrogen-bond donors (Lipinski definition) is 1. The van der Waals surface area contributed by atoms with Gasteiger partial charge in [0.2, 0.25) is 10.0 Å². The number of rotatable bonds is 7. The molecule has 0 fully saturated rings. The van der Waals surface area contributed by atoms with Crippen LogP contribution in [0.2, 0.25) is 0 Å². The Bertz CT molecular complexity index is 1150. The normalized spacial score (nSPS) is 11.4. The van der Waals surface area contributed by atoms with Gasteiger partial charge in [-0.25, -0.2) is 8.42 Å². The molecule has 0 saturated heterocycles. The first-order valence-corrected chi connectivity index (χ1v) is 11.2. The molecule has 0 heterocycles. The van der Waals surface area contributed by atoms with Gasteiger partial charge in [-0.15, -0.1) is 0 Å². The second kappa shape index (κ2) is 9.32. The molecule has 1 N–H and O–H groups in total. The third-order valence-electron chi connectivity index (χ3n) is 4.87. The molecule has 0 spiro atoms. The molecule has 6 nitrogen and oxygen atoms in total. The number of aryl methyl sites for hydroxylation is 2. The summed E-state index contributed by atoms with van der Waals surface area (Å²) in [7, 11) is -0.582. The first-order chi connectivity index (χ1) is 14.7. The number of nitrogens with one attached hydrogen (secondary N) is 1. The zero-order valence-corrected chi connectivity index (χ0v) is 18.9. The molecule has 31 heavy (non-hydrogen) atoms. The lowest BCUT2D eigenvalue weighted by atomic mass is 10.1. The Kier molecular flexibility index (Phi) is 6.77. The van der Waals surface area contributed by atoms with Gasteiger partial charge in [0.05, 0.1) is 12.0 Å². The van der Waals surface area contributed by atoms with Crippen LogP contribution in [-0.2, 0) is 16.6 Å². The molecule has 162 valence electrons. The Morgan fingerprint density at radius 3 is 2.06 bits per heavy atom. The van der Waals surface area contributed by atoms with E-state index in [1.807, 2.05) is 32.0 Å². The van der Waals surface area contributed by atoms with Gasteiger partial charge >= 0.3 is 0 Å². The summed E-state index contributed by atoms with van der Waals surface area (Å²) < 4.78 is 31.9. The predicted molar refractivity (Wildman–Crippen MR) is 122 cm³/mol. The van der Waals surface area contributed by atoms with Crippen molar-refractivity contribution in [2.75, 3.05) is 19.5 Å². The smallest absolute Gasteiger partial charge is 0.255 e. The van der Waals surface area contributed by atoms with E-state index >= 15 is 0 Å². The molecule has 7 heteroatoms. The van der Waals surface area contributed by atoms with Crippen molar-refractivity contribution in [2.45, 2.75) is 25.3 Å². The molecule has 3 aromatic rings. The lowest BCUT2D eigenvalue weighted by Crippen LogP contribution is -2.26. The lowest BCUT2D eigenvalue weighted by molar-refractivity contribution is 0.102. The minimum absolute atomic E-state index is 0.188. The van der Waals surface area contributed by atoms with E-state index in [9.17, 15) is 13.2 Å². The minimum Gasteiger partial charge on any atom is -0.497 e. The average molecular weight is 439 g/mol. The van der Waals surface area contributed by atoms with Gasteiger partial charge in [-0.1, -0.05) is 18.2 Å². The summed E-state index contributed by atoms with van der Waals surface area (Å²) >= 11 is 0. The van der Waals surface area contributed by atoms with Crippen LogP contribution < -0.4 is 10.1 Å². The van der Waals surface area contributed by atoms with Crippen LogP contribution in [0.5, 0.6) is 5.75 Å². The Labute approximate surface area is 183 Å². The first-order valence-electron chi connectivity index (χ1n) is 9.78. The van der Waals surface area contributed by atoms with Crippen LogP contribution in [0.25, 0.3) is 0 Å². The molecule has 1 amide bonds. The number of carbonyl (C=O) groups is 1. The standard InChI is InChI=1S/C24H26N2O4S/c1-17-13-18(2)15-21(14-17)25-24(27)20-7-5-19(6-8-20)16-26(3)31(28,29)23-11-9-22(30-4)10-12-23/h5-15H,16H2,1-4H3,(H,25,27). The molecule has 3 rings (SSSR count). The topological polar surface area (TPSA) is 75.7 Å². The number of sulfonamides is 1.